The number of anilines is 2. The van der Waals surface area contributed by atoms with Gasteiger partial charge in [-0.3, -0.25) is 4.79 Å². The third-order valence-electron chi connectivity index (χ3n) is 8.80. The molecule has 7 rings (SSSR count). The lowest BCUT2D eigenvalue weighted by Gasteiger charge is -2.58. The fourth-order valence-corrected chi connectivity index (χ4v) is 7.71. The van der Waals surface area contributed by atoms with Crippen LogP contribution in [0, 0.1) is 17.8 Å². The highest BCUT2D eigenvalue weighted by Crippen LogP contribution is 2.55. The first-order chi connectivity index (χ1) is 17.7. The van der Waals surface area contributed by atoms with Crippen molar-refractivity contribution in [3.63, 3.8) is 0 Å². The molecule has 4 aliphatic carbocycles. The molecule has 4 bridgehead atoms. The normalized spacial score (nSPS) is 32.5. The Bertz CT molecular complexity index is 1230. The Balaban J connectivity index is 1.13. The minimum atomic E-state index is -1.06. The Kier molecular flexibility index (Phi) is 6.03. The zero-order valence-corrected chi connectivity index (χ0v) is 21.6. The number of hydrogen-bond acceptors (Lipinski definition) is 7. The lowest BCUT2D eigenvalue weighted by atomic mass is 9.52. The minimum absolute atomic E-state index is 0.0595. The van der Waals surface area contributed by atoms with Gasteiger partial charge in [-0.15, -0.1) is 0 Å². The van der Waals surface area contributed by atoms with Crippen LogP contribution in [-0.4, -0.2) is 69.4 Å². The van der Waals surface area contributed by atoms with Crippen molar-refractivity contribution < 1.29 is 19.8 Å². The molecular weight excluding hydrogens is 494 g/mol. The standard InChI is InChI=1S/C27H32ClN5O4/c1-15-14-32(24-20(28)9-19(13-29-24)26(35)36)5-6-33(15)22-4-2-3-21(30-22)25(34)31-23-17-7-16-8-18(23)12-27(37,10-16)11-17/h2-4,9,13,15-18,23,37H,5-8,10-12,14H2,1H3,(H,31,34)(H,35,36)/t15-,16?,17?,18?,23-,27-/m1/s1. The summed E-state index contributed by atoms with van der Waals surface area (Å²) >= 11 is 6.34. The average molecular weight is 526 g/mol. The second kappa shape index (κ2) is 9.13. The molecule has 3 heterocycles. The van der Waals surface area contributed by atoms with Gasteiger partial charge in [-0.05, 0) is 75.0 Å². The Morgan fingerprint density at radius 3 is 2.57 bits per heavy atom. The van der Waals surface area contributed by atoms with Gasteiger partial charge in [0.1, 0.15) is 17.3 Å². The quantitative estimate of drug-likeness (QED) is 0.544. The number of aromatic nitrogens is 2. The number of aromatic carboxylic acids is 1. The summed E-state index contributed by atoms with van der Waals surface area (Å²) in [5.41, 5.74) is -0.0514. The summed E-state index contributed by atoms with van der Waals surface area (Å²) in [5, 5.41) is 23.6. The lowest BCUT2D eigenvalue weighted by molar-refractivity contribution is -0.136. The summed E-state index contributed by atoms with van der Waals surface area (Å²) in [6.07, 6.45) is 6.02. The van der Waals surface area contributed by atoms with Crippen LogP contribution in [0.5, 0.6) is 0 Å². The number of aliphatic hydroxyl groups is 1. The van der Waals surface area contributed by atoms with E-state index >= 15 is 0 Å². The Hall–Kier alpha value is -2.91. The van der Waals surface area contributed by atoms with Gasteiger partial charge in [-0.1, -0.05) is 17.7 Å². The van der Waals surface area contributed by atoms with E-state index in [0.717, 1.165) is 37.9 Å². The van der Waals surface area contributed by atoms with E-state index in [-0.39, 0.29) is 23.6 Å². The molecule has 1 amide bonds. The summed E-state index contributed by atoms with van der Waals surface area (Å²) in [7, 11) is 0. The van der Waals surface area contributed by atoms with Gasteiger partial charge in [0.15, 0.2) is 0 Å². The molecule has 2 unspecified atom stereocenters. The highest BCUT2D eigenvalue weighted by atomic mass is 35.5. The zero-order chi connectivity index (χ0) is 25.9. The smallest absolute Gasteiger partial charge is 0.337 e. The second-order valence-electron chi connectivity index (χ2n) is 11.4. The van der Waals surface area contributed by atoms with E-state index in [4.69, 9.17) is 21.7 Å². The number of halogens is 1. The molecule has 1 saturated heterocycles. The van der Waals surface area contributed by atoms with Crippen LogP contribution in [0.4, 0.5) is 11.6 Å². The number of amides is 1. The van der Waals surface area contributed by atoms with Crippen LogP contribution < -0.4 is 15.1 Å². The molecule has 3 atom stereocenters. The average Bonchev–Trinajstić information content (AvgIpc) is 2.85. The van der Waals surface area contributed by atoms with Crippen molar-refractivity contribution in [1.29, 1.82) is 0 Å². The number of carbonyl (C=O) groups excluding carboxylic acids is 1. The number of pyridine rings is 2. The number of carboxylic acids is 1. The minimum Gasteiger partial charge on any atom is -0.478 e. The number of nitrogens with zero attached hydrogens (tertiary/aromatic N) is 4. The van der Waals surface area contributed by atoms with Crippen molar-refractivity contribution in [2.24, 2.45) is 17.8 Å². The highest BCUT2D eigenvalue weighted by Gasteiger charge is 2.55. The number of piperazine rings is 1. The maximum absolute atomic E-state index is 13.3. The molecule has 5 fully saturated rings. The van der Waals surface area contributed by atoms with Gasteiger partial charge in [-0.2, -0.15) is 0 Å². The van der Waals surface area contributed by atoms with Gasteiger partial charge in [0.25, 0.3) is 5.91 Å². The predicted octanol–water partition coefficient (Wildman–Crippen LogP) is 3.21. The van der Waals surface area contributed by atoms with Crippen LogP contribution in [0.1, 0.15) is 59.9 Å². The van der Waals surface area contributed by atoms with Crippen LogP contribution in [0.2, 0.25) is 5.02 Å². The summed E-state index contributed by atoms with van der Waals surface area (Å²) < 4.78 is 0. The first-order valence-electron chi connectivity index (χ1n) is 13.1. The van der Waals surface area contributed by atoms with Crippen molar-refractivity contribution in [3.8, 4) is 0 Å². The molecule has 2 aromatic heterocycles. The Morgan fingerprint density at radius 1 is 1.16 bits per heavy atom. The molecule has 2 aromatic rings. The van der Waals surface area contributed by atoms with Crippen LogP contribution in [0.15, 0.2) is 30.5 Å². The molecule has 0 aromatic carbocycles. The fraction of sp³-hybridized carbons (Fsp3) is 0.556. The molecule has 5 aliphatic rings. The Labute approximate surface area is 220 Å². The molecule has 1 aliphatic heterocycles. The largest absolute Gasteiger partial charge is 0.478 e. The molecule has 10 heteroatoms. The number of nitrogens with one attached hydrogen (secondary N) is 1. The van der Waals surface area contributed by atoms with E-state index in [1.54, 1.807) is 6.07 Å². The molecule has 37 heavy (non-hydrogen) atoms. The van der Waals surface area contributed by atoms with E-state index in [0.29, 0.717) is 53.9 Å². The van der Waals surface area contributed by atoms with Crippen molar-refractivity contribution in [2.45, 2.75) is 56.7 Å². The first kappa shape index (κ1) is 24.4. The molecule has 4 saturated carbocycles. The number of hydrogen-bond donors (Lipinski definition) is 3. The van der Waals surface area contributed by atoms with Gasteiger partial charge in [-0.25, -0.2) is 14.8 Å². The van der Waals surface area contributed by atoms with Crippen LogP contribution in [0.25, 0.3) is 0 Å². The molecule has 9 nitrogen and oxygen atoms in total. The summed E-state index contributed by atoms with van der Waals surface area (Å²) in [6, 6.07) is 7.17. The number of carbonyl (C=O) groups is 2. The second-order valence-corrected chi connectivity index (χ2v) is 11.8. The van der Waals surface area contributed by atoms with E-state index in [1.165, 1.54) is 12.3 Å². The van der Waals surface area contributed by atoms with E-state index < -0.39 is 11.6 Å². The molecule has 0 spiro atoms. The fourth-order valence-electron chi connectivity index (χ4n) is 7.42. The van der Waals surface area contributed by atoms with Crippen LogP contribution >= 0.6 is 11.6 Å². The van der Waals surface area contributed by atoms with Crippen molar-refractivity contribution in [2.75, 3.05) is 29.4 Å². The van der Waals surface area contributed by atoms with Crippen LogP contribution in [0.3, 0.4) is 0 Å². The molecule has 3 N–H and O–H groups in total. The monoisotopic (exact) mass is 525 g/mol. The van der Waals surface area contributed by atoms with Crippen molar-refractivity contribution in [3.05, 3.63) is 46.7 Å². The molecule has 196 valence electrons. The predicted molar refractivity (Wildman–Crippen MR) is 139 cm³/mol. The van der Waals surface area contributed by atoms with Crippen LogP contribution in [-0.2, 0) is 0 Å². The van der Waals surface area contributed by atoms with Gasteiger partial charge in [0.2, 0.25) is 0 Å². The van der Waals surface area contributed by atoms with Crippen molar-refractivity contribution in [1.82, 2.24) is 15.3 Å². The zero-order valence-electron chi connectivity index (χ0n) is 20.8. The van der Waals surface area contributed by atoms with Gasteiger partial charge < -0.3 is 25.3 Å². The van der Waals surface area contributed by atoms with Crippen molar-refractivity contribution >= 4 is 35.1 Å². The maximum atomic E-state index is 13.3. The van der Waals surface area contributed by atoms with Gasteiger partial charge >= 0.3 is 5.97 Å². The SMILES string of the molecule is C[C@@H]1CN(c2ncc(C(=O)O)cc2Cl)CCN1c1cccc(C(=O)N[C@H]2C3CC4CC2C[C@](O)(C4)C3)n1. The lowest BCUT2D eigenvalue weighted by Crippen LogP contribution is -2.61. The highest BCUT2D eigenvalue weighted by molar-refractivity contribution is 6.33. The summed E-state index contributed by atoms with van der Waals surface area (Å²) in [6.45, 7) is 4.01. The number of rotatable bonds is 5. The maximum Gasteiger partial charge on any atom is 0.337 e. The van der Waals surface area contributed by atoms with Gasteiger partial charge in [0.05, 0.1) is 16.2 Å². The molecular formula is C27H32ClN5O4. The summed E-state index contributed by atoms with van der Waals surface area (Å²) in [5.74, 6) is 1.40. The van der Waals surface area contributed by atoms with E-state index in [9.17, 15) is 14.7 Å². The van der Waals surface area contributed by atoms with Gasteiger partial charge in [0, 0.05) is 37.9 Å². The topological polar surface area (TPSA) is 119 Å². The van der Waals surface area contributed by atoms with E-state index in [1.807, 2.05) is 17.0 Å². The number of carboxylic acid groups (broad SMARTS) is 1. The molecule has 0 radical (unpaired) electrons. The third kappa shape index (κ3) is 4.52. The van der Waals surface area contributed by atoms with E-state index in [2.05, 4.69) is 22.1 Å². The third-order valence-corrected chi connectivity index (χ3v) is 9.07. The summed E-state index contributed by atoms with van der Waals surface area (Å²) in [4.78, 5) is 37.7. The first-order valence-corrected chi connectivity index (χ1v) is 13.5. The Morgan fingerprint density at radius 2 is 1.92 bits per heavy atom.